The van der Waals surface area contributed by atoms with Gasteiger partial charge in [-0.05, 0) is 39.6 Å². The van der Waals surface area contributed by atoms with E-state index in [1.54, 1.807) is 17.6 Å². The summed E-state index contributed by atoms with van der Waals surface area (Å²) in [5.41, 5.74) is 1.19. The van der Waals surface area contributed by atoms with Crippen molar-refractivity contribution in [3.05, 3.63) is 88.3 Å². The number of furan rings is 1. The summed E-state index contributed by atoms with van der Waals surface area (Å²) in [6.07, 6.45) is 1.74. The van der Waals surface area contributed by atoms with Crippen molar-refractivity contribution in [2.45, 2.75) is 39.5 Å². The van der Waals surface area contributed by atoms with Crippen LogP contribution in [-0.4, -0.2) is 20.2 Å². The van der Waals surface area contributed by atoms with Crippen LogP contribution in [0.3, 0.4) is 0 Å². The predicted octanol–water partition coefficient (Wildman–Crippen LogP) is 3.36. The second-order valence-electron chi connectivity index (χ2n) is 7.57. The van der Waals surface area contributed by atoms with Gasteiger partial charge < -0.3 is 9.32 Å². The predicted molar refractivity (Wildman–Crippen MR) is 112 cm³/mol. The van der Waals surface area contributed by atoms with Crippen LogP contribution in [0.25, 0.3) is 0 Å². The number of nitrogens with zero attached hydrogens (tertiary/aromatic N) is 4. The summed E-state index contributed by atoms with van der Waals surface area (Å²) >= 11 is 1.79. The minimum absolute atomic E-state index is 0.140. The van der Waals surface area contributed by atoms with E-state index in [1.807, 2.05) is 35.0 Å². The molecule has 0 saturated heterocycles. The average Bonchev–Trinajstić information content (AvgIpc) is 3.47. The second-order valence-corrected chi connectivity index (χ2v) is 8.60. The molecule has 4 aromatic rings. The van der Waals surface area contributed by atoms with Gasteiger partial charge in [0, 0.05) is 5.92 Å². The normalized spacial score (nSPS) is 13.6. The van der Waals surface area contributed by atoms with Gasteiger partial charge in [0.15, 0.2) is 11.8 Å². The number of hydrogen-bond donors (Lipinski definition) is 1. The van der Waals surface area contributed by atoms with Crippen LogP contribution in [0.5, 0.6) is 0 Å². The van der Waals surface area contributed by atoms with E-state index in [1.165, 1.54) is 15.3 Å². The minimum atomic E-state index is 0.140. The van der Waals surface area contributed by atoms with Crippen molar-refractivity contribution in [2.24, 2.45) is 5.92 Å². The molecule has 1 N–H and O–H groups in total. The fraction of sp³-hybridized carbons (Fsp3) is 0.318. The van der Waals surface area contributed by atoms with E-state index in [0.717, 1.165) is 24.7 Å². The molecular weight excluding hydrogens is 382 g/mol. The Bertz CT molecular complexity index is 943. The van der Waals surface area contributed by atoms with Gasteiger partial charge in [0.2, 0.25) is 5.82 Å². The van der Waals surface area contributed by atoms with Gasteiger partial charge >= 0.3 is 0 Å². The smallest absolute Gasteiger partial charge is 0.209 e. The highest BCUT2D eigenvalue weighted by atomic mass is 32.1. The maximum Gasteiger partial charge on any atom is 0.209 e. The highest BCUT2D eigenvalue weighted by molar-refractivity contribution is 7.09. The molecule has 6 nitrogen and oxygen atoms in total. The van der Waals surface area contributed by atoms with Crippen LogP contribution in [0.2, 0.25) is 0 Å². The van der Waals surface area contributed by atoms with Gasteiger partial charge in [-0.15, -0.1) is 16.4 Å². The lowest BCUT2D eigenvalue weighted by molar-refractivity contribution is -0.963. The summed E-state index contributed by atoms with van der Waals surface area (Å²) in [5, 5.41) is 14.9. The molecule has 150 valence electrons. The van der Waals surface area contributed by atoms with E-state index in [0.29, 0.717) is 12.5 Å². The van der Waals surface area contributed by atoms with Crippen molar-refractivity contribution >= 4 is 11.3 Å². The Labute approximate surface area is 174 Å². The molecule has 1 aromatic carbocycles. The van der Waals surface area contributed by atoms with Crippen molar-refractivity contribution in [3.63, 3.8) is 0 Å². The maximum absolute atomic E-state index is 5.68. The number of rotatable bonds is 9. The first-order valence-electron chi connectivity index (χ1n) is 9.90. The molecule has 0 aliphatic heterocycles. The topological polar surface area (TPSA) is 61.2 Å². The van der Waals surface area contributed by atoms with Crippen LogP contribution in [0.4, 0.5) is 0 Å². The standard InChI is InChI=1S/C22H25N5OS/c1-17(2)21(22-23-24-25-27(22)14-18-8-4-3-5-9-18)26(15-19-10-6-12-28-19)16-20-11-7-13-29-20/h3-13,17,21H,14-16H2,1-2H3/p+1/t21-/m1/s1. The Kier molecular flexibility index (Phi) is 6.17. The number of tetrazole rings is 1. The fourth-order valence-electron chi connectivity index (χ4n) is 3.81. The van der Waals surface area contributed by atoms with E-state index in [-0.39, 0.29) is 6.04 Å². The van der Waals surface area contributed by atoms with Gasteiger partial charge in [0.25, 0.3) is 0 Å². The first-order valence-corrected chi connectivity index (χ1v) is 10.8. The first kappa shape index (κ1) is 19.5. The summed E-state index contributed by atoms with van der Waals surface area (Å²) in [6.45, 7) is 6.83. The molecule has 0 amide bonds. The number of hydrogen-bond acceptors (Lipinski definition) is 5. The Morgan fingerprint density at radius 3 is 2.59 bits per heavy atom. The zero-order valence-corrected chi connectivity index (χ0v) is 17.5. The third-order valence-electron chi connectivity index (χ3n) is 5.08. The zero-order chi connectivity index (χ0) is 20.1. The van der Waals surface area contributed by atoms with Gasteiger partial charge in [-0.25, -0.2) is 4.68 Å². The van der Waals surface area contributed by atoms with Crippen molar-refractivity contribution in [1.82, 2.24) is 20.2 Å². The van der Waals surface area contributed by atoms with Gasteiger partial charge in [-0.2, -0.15) is 0 Å². The van der Waals surface area contributed by atoms with Crippen LogP contribution >= 0.6 is 11.3 Å². The van der Waals surface area contributed by atoms with E-state index in [4.69, 9.17) is 4.42 Å². The summed E-state index contributed by atoms with van der Waals surface area (Å²) < 4.78 is 7.62. The Morgan fingerprint density at radius 1 is 1.03 bits per heavy atom. The lowest BCUT2D eigenvalue weighted by Gasteiger charge is -2.29. The van der Waals surface area contributed by atoms with E-state index >= 15 is 0 Å². The highest BCUT2D eigenvalue weighted by Crippen LogP contribution is 2.19. The first-order chi connectivity index (χ1) is 14.2. The van der Waals surface area contributed by atoms with Crippen LogP contribution < -0.4 is 4.90 Å². The van der Waals surface area contributed by atoms with Gasteiger partial charge in [0.05, 0.1) is 17.7 Å². The van der Waals surface area contributed by atoms with Crippen molar-refractivity contribution in [1.29, 1.82) is 0 Å². The molecule has 3 aromatic heterocycles. The third-order valence-corrected chi connectivity index (χ3v) is 5.96. The molecule has 4 rings (SSSR count). The summed E-state index contributed by atoms with van der Waals surface area (Å²) in [7, 11) is 0. The molecule has 0 fully saturated rings. The van der Waals surface area contributed by atoms with Crippen molar-refractivity contribution in [3.8, 4) is 0 Å². The van der Waals surface area contributed by atoms with E-state index in [9.17, 15) is 0 Å². The molecule has 0 saturated carbocycles. The highest BCUT2D eigenvalue weighted by Gasteiger charge is 2.33. The number of quaternary nitrogens is 1. The molecule has 2 atom stereocenters. The Hall–Kier alpha value is -2.77. The molecule has 0 aliphatic carbocycles. The molecule has 1 unspecified atom stereocenters. The molecule has 0 spiro atoms. The number of nitrogens with one attached hydrogen (secondary N) is 1. The second kappa shape index (κ2) is 9.15. The molecule has 7 heteroatoms. The van der Waals surface area contributed by atoms with Gasteiger partial charge in [-0.3, -0.25) is 0 Å². The SMILES string of the molecule is CC(C)[C@H](c1nnnn1Cc1ccccc1)[NH+](Cc1ccco1)Cc1cccs1. The quantitative estimate of drug-likeness (QED) is 0.461. The fourth-order valence-corrected chi connectivity index (χ4v) is 4.57. The molecule has 0 aliphatic rings. The average molecular weight is 409 g/mol. The molecule has 29 heavy (non-hydrogen) atoms. The van der Waals surface area contributed by atoms with Crippen molar-refractivity contribution in [2.75, 3.05) is 0 Å². The summed E-state index contributed by atoms with van der Waals surface area (Å²) in [6, 6.07) is 18.8. The summed E-state index contributed by atoms with van der Waals surface area (Å²) in [5.74, 6) is 2.26. The largest absolute Gasteiger partial charge is 0.463 e. The number of benzene rings is 1. The molecule has 3 heterocycles. The third kappa shape index (κ3) is 4.81. The van der Waals surface area contributed by atoms with Crippen LogP contribution in [-0.2, 0) is 19.6 Å². The lowest BCUT2D eigenvalue weighted by Crippen LogP contribution is -3.10. The Balaban J connectivity index is 1.66. The van der Waals surface area contributed by atoms with Crippen LogP contribution in [0.1, 0.15) is 41.9 Å². The molecular formula is C22H26N5OS+. The lowest BCUT2D eigenvalue weighted by atomic mass is 10.0. The van der Waals surface area contributed by atoms with E-state index < -0.39 is 0 Å². The maximum atomic E-state index is 5.68. The summed E-state index contributed by atoms with van der Waals surface area (Å²) in [4.78, 5) is 2.72. The number of thiophene rings is 1. The molecule has 0 radical (unpaired) electrons. The number of aromatic nitrogens is 4. The zero-order valence-electron chi connectivity index (χ0n) is 16.7. The van der Waals surface area contributed by atoms with Crippen LogP contribution in [0.15, 0.2) is 70.7 Å². The van der Waals surface area contributed by atoms with Crippen LogP contribution in [0, 0.1) is 5.92 Å². The van der Waals surface area contributed by atoms with E-state index in [2.05, 4.69) is 59.0 Å². The minimum Gasteiger partial charge on any atom is -0.463 e. The molecule has 0 bridgehead atoms. The van der Waals surface area contributed by atoms with Gasteiger partial charge in [-0.1, -0.05) is 50.2 Å². The van der Waals surface area contributed by atoms with Gasteiger partial charge in [0.1, 0.15) is 13.1 Å². The van der Waals surface area contributed by atoms with Crippen molar-refractivity contribution < 1.29 is 9.32 Å². The monoisotopic (exact) mass is 408 g/mol. The Morgan fingerprint density at radius 2 is 1.90 bits per heavy atom.